The molecule has 0 aliphatic carbocycles. The third-order valence-corrected chi connectivity index (χ3v) is 3.41. The number of carboxylic acids is 1. The van der Waals surface area contributed by atoms with Crippen molar-refractivity contribution in [2.45, 2.75) is 13.0 Å². The van der Waals surface area contributed by atoms with Gasteiger partial charge in [0.25, 0.3) is 0 Å². The lowest BCUT2D eigenvalue weighted by atomic mass is 10.1. The summed E-state index contributed by atoms with van der Waals surface area (Å²) in [6, 6.07) is 13.0. The van der Waals surface area contributed by atoms with E-state index in [0.717, 1.165) is 11.1 Å². The average molecular weight is 312 g/mol. The third-order valence-electron chi connectivity index (χ3n) is 3.41. The van der Waals surface area contributed by atoms with Crippen LogP contribution >= 0.6 is 0 Å². The molecule has 5 heteroatoms. The van der Waals surface area contributed by atoms with E-state index >= 15 is 0 Å². The van der Waals surface area contributed by atoms with Crippen LogP contribution in [-0.2, 0) is 4.89 Å². The Balaban J connectivity index is 2.07. The topological polar surface area (TPSA) is 83.8 Å². The van der Waals surface area contributed by atoms with Crippen molar-refractivity contribution in [3.63, 3.8) is 0 Å². The molecule has 1 unspecified atom stereocenters. The Morgan fingerprint density at radius 2 is 1.57 bits per heavy atom. The van der Waals surface area contributed by atoms with Crippen molar-refractivity contribution in [3.8, 4) is 0 Å². The Morgan fingerprint density at radius 1 is 1.00 bits per heavy atom. The van der Waals surface area contributed by atoms with Crippen LogP contribution in [-0.4, -0.2) is 22.1 Å². The van der Waals surface area contributed by atoms with E-state index in [1.54, 1.807) is 25.1 Å². The van der Waals surface area contributed by atoms with Gasteiger partial charge in [0.05, 0.1) is 5.56 Å². The molecule has 2 N–H and O–H groups in total. The molecule has 0 amide bonds. The van der Waals surface area contributed by atoms with Gasteiger partial charge in [0.1, 0.15) is 6.10 Å². The van der Waals surface area contributed by atoms with Crippen LogP contribution in [0.5, 0.6) is 0 Å². The van der Waals surface area contributed by atoms with E-state index in [2.05, 4.69) is 4.89 Å². The summed E-state index contributed by atoms with van der Waals surface area (Å²) in [5, 5.41) is 17.4. The first-order valence-electron chi connectivity index (χ1n) is 6.97. The van der Waals surface area contributed by atoms with Crippen LogP contribution in [0.25, 0.3) is 6.08 Å². The SMILES string of the molecule is CC(OO)c1ccc(C=CC(=O)c2ccc(C(=O)O)cc2)cc1. The Morgan fingerprint density at radius 3 is 2.09 bits per heavy atom. The molecule has 0 radical (unpaired) electrons. The predicted molar refractivity (Wildman–Crippen MR) is 85.3 cm³/mol. The minimum Gasteiger partial charge on any atom is -0.478 e. The summed E-state index contributed by atoms with van der Waals surface area (Å²) in [4.78, 5) is 27.0. The van der Waals surface area contributed by atoms with E-state index in [0.29, 0.717) is 5.56 Å². The van der Waals surface area contributed by atoms with Gasteiger partial charge in [-0.2, -0.15) is 0 Å². The van der Waals surface area contributed by atoms with Crippen LogP contribution in [0.15, 0.2) is 54.6 Å². The molecule has 0 aliphatic rings. The second-order valence-corrected chi connectivity index (χ2v) is 4.99. The van der Waals surface area contributed by atoms with Gasteiger partial charge in [-0.1, -0.05) is 42.5 Å². The van der Waals surface area contributed by atoms with Gasteiger partial charge in [0, 0.05) is 5.56 Å². The molecule has 0 saturated heterocycles. The summed E-state index contributed by atoms with van der Waals surface area (Å²) in [6.07, 6.45) is 2.68. The minimum absolute atomic E-state index is 0.140. The number of carbonyl (C=O) groups is 2. The molecule has 2 aromatic rings. The number of ketones is 1. The first kappa shape index (κ1) is 16.6. The number of aromatic carboxylic acids is 1. The molecule has 118 valence electrons. The minimum atomic E-state index is -1.03. The van der Waals surface area contributed by atoms with Crippen molar-refractivity contribution in [1.82, 2.24) is 0 Å². The molecule has 2 rings (SSSR count). The van der Waals surface area contributed by atoms with Crippen LogP contribution in [0.2, 0.25) is 0 Å². The van der Waals surface area contributed by atoms with Crippen molar-refractivity contribution >= 4 is 17.8 Å². The van der Waals surface area contributed by atoms with Gasteiger partial charge in [-0.3, -0.25) is 10.1 Å². The zero-order valence-corrected chi connectivity index (χ0v) is 12.5. The molecular weight excluding hydrogens is 296 g/mol. The molecule has 5 nitrogen and oxygen atoms in total. The van der Waals surface area contributed by atoms with Crippen LogP contribution in [0.4, 0.5) is 0 Å². The molecule has 0 bridgehead atoms. The van der Waals surface area contributed by atoms with Gasteiger partial charge in [-0.15, -0.1) is 0 Å². The summed E-state index contributed by atoms with van der Waals surface area (Å²) in [5.74, 6) is -1.24. The molecule has 0 fully saturated rings. The van der Waals surface area contributed by atoms with Crippen molar-refractivity contribution < 1.29 is 24.8 Å². The van der Waals surface area contributed by atoms with Gasteiger partial charge in [0.15, 0.2) is 5.78 Å². The Hall–Kier alpha value is -2.76. The van der Waals surface area contributed by atoms with Gasteiger partial charge in [0.2, 0.25) is 0 Å². The molecule has 0 spiro atoms. The maximum atomic E-state index is 12.0. The fourth-order valence-electron chi connectivity index (χ4n) is 1.98. The second-order valence-electron chi connectivity index (χ2n) is 4.99. The first-order chi connectivity index (χ1) is 11.0. The summed E-state index contributed by atoms with van der Waals surface area (Å²) in [6.45, 7) is 1.72. The van der Waals surface area contributed by atoms with Crippen molar-refractivity contribution in [2.24, 2.45) is 0 Å². The lowest BCUT2D eigenvalue weighted by molar-refractivity contribution is -0.277. The third kappa shape index (κ3) is 4.35. The van der Waals surface area contributed by atoms with Crippen molar-refractivity contribution in [1.29, 1.82) is 0 Å². The van der Waals surface area contributed by atoms with E-state index in [4.69, 9.17) is 10.4 Å². The first-order valence-corrected chi connectivity index (χ1v) is 6.97. The summed E-state index contributed by atoms with van der Waals surface area (Å²) in [5.41, 5.74) is 2.21. The van der Waals surface area contributed by atoms with E-state index in [1.165, 1.54) is 30.3 Å². The predicted octanol–water partition coefficient (Wildman–Crippen LogP) is 3.83. The number of allylic oxidation sites excluding steroid dienone is 1. The number of carbonyl (C=O) groups excluding carboxylic acids is 1. The highest BCUT2D eigenvalue weighted by molar-refractivity contribution is 6.07. The Kier molecular flexibility index (Phi) is 5.41. The highest BCUT2D eigenvalue weighted by Crippen LogP contribution is 2.16. The molecule has 0 aliphatic heterocycles. The van der Waals surface area contributed by atoms with Crippen LogP contribution in [0.1, 0.15) is 44.9 Å². The highest BCUT2D eigenvalue weighted by Gasteiger charge is 2.06. The molecule has 0 heterocycles. The van der Waals surface area contributed by atoms with Gasteiger partial charge in [-0.25, -0.2) is 9.68 Å². The molecule has 0 saturated carbocycles. The van der Waals surface area contributed by atoms with Gasteiger partial charge < -0.3 is 5.11 Å². The van der Waals surface area contributed by atoms with Gasteiger partial charge in [-0.05, 0) is 36.3 Å². The molecule has 1 atom stereocenters. The highest BCUT2D eigenvalue weighted by atomic mass is 17.1. The van der Waals surface area contributed by atoms with Crippen LogP contribution in [0, 0.1) is 0 Å². The standard InChI is InChI=1S/C18H16O5/c1-12(23-22)14-5-2-13(3-6-14)4-11-17(19)15-7-9-16(10-8-15)18(20)21/h2-12,22H,1H3,(H,20,21). The lowest BCUT2D eigenvalue weighted by Crippen LogP contribution is -1.99. The summed E-state index contributed by atoms with van der Waals surface area (Å²) >= 11 is 0. The van der Waals surface area contributed by atoms with E-state index in [9.17, 15) is 9.59 Å². The zero-order chi connectivity index (χ0) is 16.8. The van der Waals surface area contributed by atoms with Crippen LogP contribution < -0.4 is 0 Å². The zero-order valence-electron chi connectivity index (χ0n) is 12.5. The summed E-state index contributed by atoms with van der Waals surface area (Å²) in [7, 11) is 0. The molecule has 0 aromatic heterocycles. The van der Waals surface area contributed by atoms with Crippen molar-refractivity contribution in [2.75, 3.05) is 0 Å². The van der Waals surface area contributed by atoms with E-state index < -0.39 is 12.1 Å². The van der Waals surface area contributed by atoms with Gasteiger partial charge >= 0.3 is 5.97 Å². The number of carboxylic acid groups (broad SMARTS) is 1. The fraction of sp³-hybridized carbons (Fsp3) is 0.111. The fourth-order valence-corrected chi connectivity index (χ4v) is 1.98. The number of benzene rings is 2. The molecular formula is C18H16O5. The average Bonchev–Trinajstić information content (AvgIpc) is 2.59. The smallest absolute Gasteiger partial charge is 0.335 e. The van der Waals surface area contributed by atoms with Crippen LogP contribution in [0.3, 0.4) is 0 Å². The Labute approximate surface area is 133 Å². The maximum absolute atomic E-state index is 12.0. The monoisotopic (exact) mass is 312 g/mol. The normalized spacial score (nSPS) is 12.3. The van der Waals surface area contributed by atoms with E-state index in [1.807, 2.05) is 12.1 Å². The van der Waals surface area contributed by atoms with E-state index in [-0.39, 0.29) is 11.3 Å². The number of hydrogen-bond acceptors (Lipinski definition) is 4. The Bertz CT molecular complexity index is 714. The maximum Gasteiger partial charge on any atom is 0.335 e. The lowest BCUT2D eigenvalue weighted by Gasteiger charge is -2.07. The quantitative estimate of drug-likeness (QED) is 0.366. The van der Waals surface area contributed by atoms with Crippen molar-refractivity contribution in [3.05, 3.63) is 76.9 Å². The molecule has 2 aromatic carbocycles. The second kappa shape index (κ2) is 7.49. The molecule has 23 heavy (non-hydrogen) atoms. The number of rotatable bonds is 6. The summed E-state index contributed by atoms with van der Waals surface area (Å²) < 4.78 is 0. The number of hydrogen-bond donors (Lipinski definition) is 2. The largest absolute Gasteiger partial charge is 0.478 e.